The van der Waals surface area contributed by atoms with E-state index in [-0.39, 0.29) is 17.8 Å². The number of urea groups is 1. The molecule has 2 heterocycles. The van der Waals surface area contributed by atoms with Crippen LogP contribution < -0.4 is 5.32 Å². The highest BCUT2D eigenvalue weighted by Crippen LogP contribution is 2.35. The van der Waals surface area contributed by atoms with E-state index in [1.807, 2.05) is 16.7 Å². The first-order chi connectivity index (χ1) is 10.6. The molecular weight excluding hydrogens is 302 g/mol. The zero-order valence-electron chi connectivity index (χ0n) is 12.8. The molecule has 0 atom stereocenters. The van der Waals surface area contributed by atoms with Crippen molar-refractivity contribution in [1.82, 2.24) is 15.1 Å². The Bertz CT molecular complexity index is 471. The second-order valence-electron chi connectivity index (χ2n) is 6.27. The average Bonchev–Trinajstić information content (AvgIpc) is 3.09. The van der Waals surface area contributed by atoms with E-state index < -0.39 is 5.54 Å². The molecule has 2 aliphatic heterocycles. The summed E-state index contributed by atoms with van der Waals surface area (Å²) in [6.45, 7) is 1.98. The van der Waals surface area contributed by atoms with Crippen molar-refractivity contribution in [2.45, 2.75) is 44.1 Å². The molecule has 0 bridgehead atoms. The van der Waals surface area contributed by atoms with Gasteiger partial charge in [-0.3, -0.25) is 14.5 Å². The van der Waals surface area contributed by atoms with Crippen LogP contribution >= 0.6 is 11.8 Å². The standard InChI is InChI=1S/C15H23N3O3S/c19-12(17-8-10-22-11-9-17)4-3-7-18-13(20)15(16-14(18)21)5-1-2-6-15/h1-11H2,(H,16,21). The van der Waals surface area contributed by atoms with Crippen molar-refractivity contribution < 1.29 is 14.4 Å². The molecule has 0 radical (unpaired) electrons. The predicted octanol–water partition coefficient (Wildman–Crippen LogP) is 1.21. The molecule has 2 saturated heterocycles. The van der Waals surface area contributed by atoms with Crippen molar-refractivity contribution in [2.75, 3.05) is 31.1 Å². The molecular formula is C15H23N3O3S. The molecule has 122 valence electrons. The summed E-state index contributed by atoms with van der Waals surface area (Å²) in [6.07, 6.45) is 4.44. The third-order valence-electron chi connectivity index (χ3n) is 4.84. The van der Waals surface area contributed by atoms with Crippen molar-refractivity contribution in [1.29, 1.82) is 0 Å². The third kappa shape index (κ3) is 2.95. The van der Waals surface area contributed by atoms with Gasteiger partial charge in [0.15, 0.2) is 0 Å². The summed E-state index contributed by atoms with van der Waals surface area (Å²) in [4.78, 5) is 39.8. The Kier molecular flexibility index (Phi) is 4.61. The van der Waals surface area contributed by atoms with E-state index in [1.165, 1.54) is 4.90 Å². The van der Waals surface area contributed by atoms with Crippen LogP contribution in [0.1, 0.15) is 38.5 Å². The van der Waals surface area contributed by atoms with Gasteiger partial charge in [0.2, 0.25) is 5.91 Å². The number of rotatable bonds is 4. The third-order valence-corrected chi connectivity index (χ3v) is 5.78. The lowest BCUT2D eigenvalue weighted by atomic mass is 9.98. The molecule has 3 fully saturated rings. The van der Waals surface area contributed by atoms with E-state index in [1.54, 1.807) is 0 Å². The van der Waals surface area contributed by atoms with Crippen LogP contribution in [0.3, 0.4) is 0 Å². The quantitative estimate of drug-likeness (QED) is 0.789. The van der Waals surface area contributed by atoms with Crippen molar-refractivity contribution in [3.05, 3.63) is 0 Å². The smallest absolute Gasteiger partial charge is 0.325 e. The van der Waals surface area contributed by atoms with E-state index in [4.69, 9.17) is 0 Å². The number of carbonyl (C=O) groups is 3. The fourth-order valence-corrected chi connectivity index (χ4v) is 4.46. The van der Waals surface area contributed by atoms with Crippen molar-refractivity contribution >= 4 is 29.6 Å². The Balaban J connectivity index is 1.48. The first-order valence-electron chi connectivity index (χ1n) is 8.12. The summed E-state index contributed by atoms with van der Waals surface area (Å²) in [5.74, 6) is 2.06. The number of imide groups is 1. The van der Waals surface area contributed by atoms with Gasteiger partial charge in [-0.15, -0.1) is 0 Å². The fourth-order valence-electron chi connectivity index (χ4n) is 3.56. The summed E-state index contributed by atoms with van der Waals surface area (Å²) in [6, 6.07) is -0.284. The molecule has 1 N–H and O–H groups in total. The van der Waals surface area contributed by atoms with Gasteiger partial charge in [0.05, 0.1) is 0 Å². The second kappa shape index (κ2) is 6.48. The van der Waals surface area contributed by atoms with Crippen LogP contribution in [0.4, 0.5) is 4.79 Å². The molecule has 0 aromatic heterocycles. The molecule has 7 heteroatoms. The second-order valence-corrected chi connectivity index (χ2v) is 7.50. The first kappa shape index (κ1) is 15.6. The van der Waals surface area contributed by atoms with Gasteiger partial charge in [-0.05, 0) is 19.3 Å². The number of hydrogen-bond acceptors (Lipinski definition) is 4. The molecule has 0 aromatic rings. The van der Waals surface area contributed by atoms with Crippen LogP contribution in [0.2, 0.25) is 0 Å². The zero-order chi connectivity index (χ0) is 15.6. The van der Waals surface area contributed by atoms with Gasteiger partial charge in [-0.2, -0.15) is 11.8 Å². The van der Waals surface area contributed by atoms with Crippen LogP contribution in [0, 0.1) is 0 Å². The van der Waals surface area contributed by atoms with Gasteiger partial charge in [0, 0.05) is 37.6 Å². The molecule has 1 spiro atoms. The molecule has 3 aliphatic rings. The van der Waals surface area contributed by atoms with Crippen LogP contribution in [0.25, 0.3) is 0 Å². The van der Waals surface area contributed by atoms with E-state index in [9.17, 15) is 14.4 Å². The Morgan fingerprint density at radius 2 is 1.86 bits per heavy atom. The molecule has 4 amide bonds. The Morgan fingerprint density at radius 1 is 1.18 bits per heavy atom. The van der Waals surface area contributed by atoms with Crippen LogP contribution in [0.15, 0.2) is 0 Å². The summed E-state index contributed by atoms with van der Waals surface area (Å²) in [5.41, 5.74) is -0.634. The van der Waals surface area contributed by atoms with Gasteiger partial charge < -0.3 is 10.2 Å². The number of hydrogen-bond donors (Lipinski definition) is 1. The Labute approximate surface area is 135 Å². The lowest BCUT2D eigenvalue weighted by molar-refractivity contribution is -0.133. The number of nitrogens with one attached hydrogen (secondary N) is 1. The van der Waals surface area contributed by atoms with E-state index >= 15 is 0 Å². The number of nitrogens with zero attached hydrogens (tertiary/aromatic N) is 2. The molecule has 0 aromatic carbocycles. The number of amides is 4. The molecule has 0 unspecified atom stereocenters. The minimum atomic E-state index is -0.634. The van der Waals surface area contributed by atoms with E-state index in [0.717, 1.165) is 50.3 Å². The van der Waals surface area contributed by atoms with Gasteiger partial charge >= 0.3 is 6.03 Å². The van der Waals surface area contributed by atoms with Gasteiger partial charge in [-0.1, -0.05) is 12.8 Å². The number of thioether (sulfide) groups is 1. The summed E-state index contributed by atoms with van der Waals surface area (Å²) >= 11 is 1.87. The van der Waals surface area contributed by atoms with Crippen LogP contribution in [-0.2, 0) is 9.59 Å². The van der Waals surface area contributed by atoms with Gasteiger partial charge in [0.1, 0.15) is 5.54 Å². The van der Waals surface area contributed by atoms with Gasteiger partial charge in [-0.25, -0.2) is 4.79 Å². The Hall–Kier alpha value is -1.24. The van der Waals surface area contributed by atoms with E-state index in [2.05, 4.69) is 5.32 Å². The predicted molar refractivity (Wildman–Crippen MR) is 84.6 cm³/mol. The fraction of sp³-hybridized carbons (Fsp3) is 0.800. The molecule has 6 nitrogen and oxygen atoms in total. The molecule has 1 aliphatic carbocycles. The normalized spacial score (nSPS) is 24.2. The average molecular weight is 325 g/mol. The molecule has 3 rings (SSSR count). The summed E-state index contributed by atoms with van der Waals surface area (Å²) < 4.78 is 0. The first-order valence-corrected chi connectivity index (χ1v) is 9.27. The topological polar surface area (TPSA) is 69.7 Å². The van der Waals surface area contributed by atoms with Crippen LogP contribution in [-0.4, -0.2) is 64.3 Å². The maximum atomic E-state index is 12.5. The van der Waals surface area contributed by atoms with Crippen molar-refractivity contribution in [3.63, 3.8) is 0 Å². The summed E-state index contributed by atoms with van der Waals surface area (Å²) in [5, 5.41) is 2.87. The van der Waals surface area contributed by atoms with Crippen molar-refractivity contribution in [2.24, 2.45) is 0 Å². The SMILES string of the molecule is O=C(CCCN1C(=O)NC2(CCCC2)C1=O)N1CCSCC1. The number of carbonyl (C=O) groups excluding carboxylic acids is 3. The maximum Gasteiger partial charge on any atom is 0.325 e. The lowest BCUT2D eigenvalue weighted by Crippen LogP contribution is -2.44. The maximum absolute atomic E-state index is 12.5. The zero-order valence-corrected chi connectivity index (χ0v) is 13.6. The minimum absolute atomic E-state index is 0.0863. The highest BCUT2D eigenvalue weighted by molar-refractivity contribution is 7.99. The highest BCUT2D eigenvalue weighted by Gasteiger charge is 2.52. The highest BCUT2D eigenvalue weighted by atomic mass is 32.2. The summed E-state index contributed by atoms with van der Waals surface area (Å²) in [7, 11) is 0. The molecule has 22 heavy (non-hydrogen) atoms. The largest absolute Gasteiger partial charge is 0.341 e. The molecule has 1 saturated carbocycles. The minimum Gasteiger partial charge on any atom is -0.341 e. The van der Waals surface area contributed by atoms with Gasteiger partial charge in [0.25, 0.3) is 5.91 Å². The van der Waals surface area contributed by atoms with Crippen LogP contribution in [0.5, 0.6) is 0 Å². The van der Waals surface area contributed by atoms with Crippen molar-refractivity contribution in [3.8, 4) is 0 Å². The monoisotopic (exact) mass is 325 g/mol. The lowest BCUT2D eigenvalue weighted by Gasteiger charge is -2.26. The van der Waals surface area contributed by atoms with E-state index in [0.29, 0.717) is 19.4 Å². The Morgan fingerprint density at radius 3 is 2.55 bits per heavy atom.